The number of anilines is 1. The van der Waals surface area contributed by atoms with E-state index in [1.54, 1.807) is 18.9 Å². The van der Waals surface area contributed by atoms with Crippen LogP contribution in [0.4, 0.5) is 5.82 Å². The molecule has 216 valence electrons. The average molecular weight is 552 g/mol. The van der Waals surface area contributed by atoms with Crippen LogP contribution < -0.4 is 14.4 Å². The Morgan fingerprint density at radius 3 is 2.55 bits per heavy atom. The zero-order valence-electron chi connectivity index (χ0n) is 24.3. The summed E-state index contributed by atoms with van der Waals surface area (Å²) in [6.07, 6.45) is 0.516. The summed E-state index contributed by atoms with van der Waals surface area (Å²) in [5.74, 6) is 1.23. The van der Waals surface area contributed by atoms with E-state index in [0.29, 0.717) is 37.7 Å². The van der Waals surface area contributed by atoms with Gasteiger partial charge in [-0.25, -0.2) is 4.98 Å². The Balaban J connectivity index is 1.31. The summed E-state index contributed by atoms with van der Waals surface area (Å²) in [4.78, 5) is 22.0. The number of likely N-dealkylation sites (tertiary alicyclic amines) is 1. The first-order chi connectivity index (χ1) is 18.9. The molecule has 9 nitrogen and oxygen atoms in total. The predicted molar refractivity (Wildman–Crippen MR) is 153 cm³/mol. The number of methoxy groups -OCH3 is 1. The zero-order chi connectivity index (χ0) is 28.8. The molecule has 0 radical (unpaired) electrons. The molecule has 0 spiro atoms. The number of aliphatic hydroxyl groups excluding tert-OH is 1. The van der Waals surface area contributed by atoms with Crippen LogP contribution in [0.1, 0.15) is 50.4 Å². The highest BCUT2D eigenvalue weighted by Gasteiger charge is 2.50. The van der Waals surface area contributed by atoms with E-state index in [1.807, 2.05) is 64.1 Å². The van der Waals surface area contributed by atoms with Gasteiger partial charge < -0.3 is 33.9 Å². The van der Waals surface area contributed by atoms with Gasteiger partial charge in [0.1, 0.15) is 11.9 Å². The van der Waals surface area contributed by atoms with Crippen LogP contribution in [0.15, 0.2) is 36.9 Å². The summed E-state index contributed by atoms with van der Waals surface area (Å²) in [6, 6.07) is 9.95. The number of pyridine rings is 1. The van der Waals surface area contributed by atoms with Crippen molar-refractivity contribution >= 4 is 17.8 Å². The van der Waals surface area contributed by atoms with Gasteiger partial charge in [0.05, 0.1) is 32.9 Å². The summed E-state index contributed by atoms with van der Waals surface area (Å²) in [5.41, 5.74) is 2.42. The third-order valence-corrected chi connectivity index (χ3v) is 8.67. The molecule has 1 aromatic heterocycles. The Morgan fingerprint density at radius 1 is 1.20 bits per heavy atom. The van der Waals surface area contributed by atoms with Crippen LogP contribution >= 0.6 is 0 Å². The number of carbonyl (C=O) groups excluding carboxylic acids is 1. The molecule has 1 N–H and O–H groups in total. The third-order valence-electron chi connectivity index (χ3n) is 8.67. The van der Waals surface area contributed by atoms with Gasteiger partial charge in [0.15, 0.2) is 23.4 Å². The first-order valence-corrected chi connectivity index (χ1v) is 13.9. The highest BCUT2D eigenvalue weighted by molar-refractivity contribution is 5.82. The summed E-state index contributed by atoms with van der Waals surface area (Å²) in [5, 5.41) is 10.9. The molecule has 9 heteroatoms. The second-order valence-electron chi connectivity index (χ2n) is 11.9. The molecule has 2 aromatic rings. The van der Waals surface area contributed by atoms with E-state index in [9.17, 15) is 9.90 Å². The second-order valence-corrected chi connectivity index (χ2v) is 11.9. The van der Waals surface area contributed by atoms with E-state index in [2.05, 4.69) is 11.5 Å². The van der Waals surface area contributed by atoms with Crippen LogP contribution in [0.3, 0.4) is 0 Å². The molecule has 0 aliphatic carbocycles. The van der Waals surface area contributed by atoms with Crippen LogP contribution in [-0.4, -0.2) is 84.9 Å². The molecule has 1 amide bonds. The summed E-state index contributed by atoms with van der Waals surface area (Å²) in [7, 11) is 1.63. The molecule has 4 atom stereocenters. The minimum Gasteiger partial charge on any atom is -0.493 e. The van der Waals surface area contributed by atoms with Crippen molar-refractivity contribution in [2.24, 2.45) is 5.41 Å². The number of hydrogen-bond acceptors (Lipinski definition) is 8. The molecule has 0 bridgehead atoms. The Morgan fingerprint density at radius 2 is 1.95 bits per heavy atom. The molecule has 1 unspecified atom stereocenters. The lowest BCUT2D eigenvalue weighted by molar-refractivity contribution is -0.159. The number of amides is 1. The highest BCUT2D eigenvalue weighted by atomic mass is 16.7. The summed E-state index contributed by atoms with van der Waals surface area (Å²) in [6.45, 7) is 15.8. The SMILES string of the molecule is C=Cc1ccc(N2CC(Oc3cc([C@@H]4CN(C(=O)C5COC(C)(C)O5)C[C@@]4(C)[C@@H](C)O)ccc3OC)C2)nc1C. The molecule has 3 aliphatic rings. The third kappa shape index (κ3) is 5.30. The molecular formula is C31H41N3O6. The van der Waals surface area contributed by atoms with Gasteiger partial charge in [0.2, 0.25) is 0 Å². The lowest BCUT2D eigenvalue weighted by Gasteiger charge is -2.40. The Labute approximate surface area is 236 Å². The molecule has 40 heavy (non-hydrogen) atoms. The lowest BCUT2D eigenvalue weighted by Crippen LogP contribution is -2.54. The van der Waals surface area contributed by atoms with E-state index in [0.717, 1.165) is 22.6 Å². The van der Waals surface area contributed by atoms with E-state index >= 15 is 0 Å². The maximum absolute atomic E-state index is 13.4. The van der Waals surface area contributed by atoms with Gasteiger partial charge in [0, 0.05) is 30.1 Å². The highest BCUT2D eigenvalue weighted by Crippen LogP contribution is 2.47. The van der Waals surface area contributed by atoms with Crippen LogP contribution in [0, 0.1) is 12.3 Å². The van der Waals surface area contributed by atoms with Crippen molar-refractivity contribution in [3.63, 3.8) is 0 Å². The van der Waals surface area contributed by atoms with Gasteiger partial charge in [-0.15, -0.1) is 0 Å². The van der Waals surface area contributed by atoms with E-state index in [4.69, 9.17) is 23.9 Å². The number of hydrogen-bond donors (Lipinski definition) is 1. The summed E-state index contributed by atoms with van der Waals surface area (Å²) < 4.78 is 23.5. The molecule has 3 fully saturated rings. The Bertz CT molecular complexity index is 1270. The number of rotatable bonds is 8. The Kier molecular flexibility index (Phi) is 7.58. The largest absolute Gasteiger partial charge is 0.493 e. The minimum absolute atomic E-state index is 0.0157. The first kappa shape index (κ1) is 28.4. The van der Waals surface area contributed by atoms with Gasteiger partial charge >= 0.3 is 0 Å². The topological polar surface area (TPSA) is 93.6 Å². The number of aryl methyl sites for hydroxylation is 1. The number of nitrogens with zero attached hydrogens (tertiary/aromatic N) is 3. The molecule has 5 rings (SSSR count). The van der Waals surface area contributed by atoms with Crippen LogP contribution in [0.2, 0.25) is 0 Å². The second kappa shape index (κ2) is 10.7. The number of aliphatic hydroxyl groups is 1. The zero-order valence-corrected chi connectivity index (χ0v) is 24.3. The molecule has 1 aromatic carbocycles. The Hall–Kier alpha value is -3.14. The van der Waals surface area contributed by atoms with Crippen LogP contribution in [0.5, 0.6) is 11.5 Å². The fourth-order valence-corrected chi connectivity index (χ4v) is 5.94. The van der Waals surface area contributed by atoms with Crippen molar-refractivity contribution in [1.82, 2.24) is 9.88 Å². The van der Waals surface area contributed by atoms with Gasteiger partial charge in [-0.1, -0.05) is 25.6 Å². The monoisotopic (exact) mass is 551 g/mol. The quantitative estimate of drug-likeness (QED) is 0.530. The van der Waals surface area contributed by atoms with Crippen molar-refractivity contribution in [2.45, 2.75) is 64.6 Å². The van der Waals surface area contributed by atoms with Crippen molar-refractivity contribution in [1.29, 1.82) is 0 Å². The number of ether oxygens (including phenoxy) is 4. The van der Waals surface area contributed by atoms with Crippen LogP contribution in [-0.2, 0) is 14.3 Å². The van der Waals surface area contributed by atoms with Gasteiger partial charge in [-0.2, -0.15) is 0 Å². The standard InChI is InChI=1S/C31H41N3O6/c1-8-21-10-12-28(32-19(21)2)33-14-23(15-33)39-26-13-22(9-11-25(26)37-7)24-16-34(18-31(24,6)20(3)35)29(36)27-17-38-30(4,5)40-27/h8-13,20,23-24,27,35H,1,14-18H2,2-7H3/t20-,24+,27?,31+/m1/s1. The fraction of sp³-hybridized carbons (Fsp3) is 0.548. The molecule has 3 aliphatic heterocycles. The first-order valence-electron chi connectivity index (χ1n) is 13.9. The molecule has 3 saturated heterocycles. The number of benzene rings is 1. The van der Waals surface area contributed by atoms with Crippen LogP contribution in [0.25, 0.3) is 6.08 Å². The van der Waals surface area contributed by atoms with Gasteiger partial charge in [0.25, 0.3) is 5.91 Å². The maximum atomic E-state index is 13.4. The maximum Gasteiger partial charge on any atom is 0.254 e. The number of aromatic nitrogens is 1. The summed E-state index contributed by atoms with van der Waals surface area (Å²) >= 11 is 0. The molecular weight excluding hydrogens is 510 g/mol. The fourth-order valence-electron chi connectivity index (χ4n) is 5.94. The van der Waals surface area contributed by atoms with E-state index in [-0.39, 0.29) is 24.5 Å². The van der Waals surface area contributed by atoms with Crippen molar-refractivity contribution in [3.05, 3.63) is 53.7 Å². The smallest absolute Gasteiger partial charge is 0.254 e. The van der Waals surface area contributed by atoms with E-state index in [1.165, 1.54) is 0 Å². The van der Waals surface area contributed by atoms with Gasteiger partial charge in [-0.05, 0) is 63.1 Å². The molecule has 4 heterocycles. The predicted octanol–water partition coefficient (Wildman–Crippen LogP) is 3.77. The lowest BCUT2D eigenvalue weighted by atomic mass is 9.72. The number of carbonyl (C=O) groups is 1. The van der Waals surface area contributed by atoms with Crippen molar-refractivity contribution < 1.29 is 28.8 Å². The van der Waals surface area contributed by atoms with E-state index < -0.39 is 23.4 Å². The normalized spacial score (nSPS) is 26.9. The average Bonchev–Trinajstić information content (AvgIpc) is 3.45. The molecule has 0 saturated carbocycles. The van der Waals surface area contributed by atoms with Gasteiger partial charge in [-0.3, -0.25) is 4.79 Å². The van der Waals surface area contributed by atoms with Crippen molar-refractivity contribution in [2.75, 3.05) is 44.8 Å². The minimum atomic E-state index is -0.781. The van der Waals surface area contributed by atoms with Crippen molar-refractivity contribution in [3.8, 4) is 11.5 Å².